The third-order valence-electron chi connectivity index (χ3n) is 12.2. The maximum atomic E-state index is 6.51. The van der Waals surface area contributed by atoms with Crippen LogP contribution < -0.4 is 0 Å². The number of rotatable bonds is 5. The predicted molar refractivity (Wildman–Crippen MR) is 239 cm³/mol. The molecular weight excluding hydrogens is 723 g/mol. The van der Waals surface area contributed by atoms with Crippen LogP contribution in [0.15, 0.2) is 185 Å². The third kappa shape index (κ3) is 5.28. The van der Waals surface area contributed by atoms with Crippen LogP contribution in [0.25, 0.3) is 111 Å². The molecule has 3 heterocycles. The summed E-state index contributed by atoms with van der Waals surface area (Å²) in [5.74, 6) is 1.73. The van der Waals surface area contributed by atoms with E-state index in [1.807, 2.05) is 66.7 Å². The van der Waals surface area contributed by atoms with E-state index in [-0.39, 0.29) is 5.41 Å². The Morgan fingerprint density at radius 1 is 0.339 bits per heavy atom. The molecule has 0 unspecified atom stereocenters. The van der Waals surface area contributed by atoms with Gasteiger partial charge in [-0.25, -0.2) is 15.0 Å². The second-order valence-electron chi connectivity index (χ2n) is 16.0. The van der Waals surface area contributed by atoms with Crippen molar-refractivity contribution in [2.75, 3.05) is 0 Å². The Hall–Kier alpha value is -7.63. The van der Waals surface area contributed by atoms with Gasteiger partial charge in [0.05, 0.1) is 0 Å². The van der Waals surface area contributed by atoms with Crippen molar-refractivity contribution in [1.29, 1.82) is 0 Å². The lowest BCUT2D eigenvalue weighted by Crippen LogP contribution is -2.14. The van der Waals surface area contributed by atoms with Gasteiger partial charge < -0.3 is 8.83 Å². The number of para-hydroxylation sites is 1. The predicted octanol–water partition coefficient (Wildman–Crippen LogP) is 14.3. The number of aromatic nitrogens is 3. The molecule has 3 aromatic heterocycles. The zero-order valence-electron chi connectivity index (χ0n) is 32.4. The second-order valence-corrected chi connectivity index (χ2v) is 16.0. The quantitative estimate of drug-likeness (QED) is 0.175. The Morgan fingerprint density at radius 2 is 0.915 bits per heavy atom. The van der Waals surface area contributed by atoms with Gasteiger partial charge in [0, 0.05) is 43.7 Å². The average molecular weight is 758 g/mol. The number of fused-ring (bicyclic) bond motifs is 9. The summed E-state index contributed by atoms with van der Waals surface area (Å²) in [4.78, 5) is 15.3. The highest BCUT2D eigenvalue weighted by Crippen LogP contribution is 2.49. The average Bonchev–Trinajstić information content (AvgIpc) is 3.93. The van der Waals surface area contributed by atoms with E-state index in [4.69, 9.17) is 23.8 Å². The van der Waals surface area contributed by atoms with Gasteiger partial charge in [0.25, 0.3) is 0 Å². The standard InChI is InChI=1S/C54H35N3O2/c1-54(2)44-19-8-6-16-38(44)42-29-35(23-26-45(42)54)33-14-10-15-34(28-33)36-24-27-47-43(30-36)50-41(18-11-21-48(50)58-47)53-56-51(32-12-4-3-5-13-32)55-52(57-53)37-22-25-40-39-17-7-9-20-46(39)59-49(40)31-37/h3-31H,1-2H3. The lowest BCUT2D eigenvalue weighted by atomic mass is 9.82. The summed E-state index contributed by atoms with van der Waals surface area (Å²) < 4.78 is 12.8. The summed E-state index contributed by atoms with van der Waals surface area (Å²) in [7, 11) is 0. The number of benzene rings is 8. The summed E-state index contributed by atoms with van der Waals surface area (Å²) in [6, 6.07) is 61.5. The molecule has 0 saturated carbocycles. The fourth-order valence-electron chi connectivity index (χ4n) is 9.18. The molecule has 11 aromatic rings. The molecule has 0 amide bonds. The molecule has 0 spiro atoms. The normalized spacial score (nSPS) is 13.1. The van der Waals surface area contributed by atoms with Gasteiger partial charge >= 0.3 is 0 Å². The molecule has 5 nitrogen and oxygen atoms in total. The van der Waals surface area contributed by atoms with E-state index in [2.05, 4.69) is 123 Å². The molecule has 0 aliphatic heterocycles. The highest BCUT2D eigenvalue weighted by molar-refractivity contribution is 6.13. The summed E-state index contributed by atoms with van der Waals surface area (Å²) in [6.45, 7) is 4.65. The highest BCUT2D eigenvalue weighted by atomic mass is 16.3. The van der Waals surface area contributed by atoms with Crippen molar-refractivity contribution in [2.45, 2.75) is 19.3 Å². The first-order valence-electron chi connectivity index (χ1n) is 20.0. The highest BCUT2D eigenvalue weighted by Gasteiger charge is 2.35. The van der Waals surface area contributed by atoms with E-state index in [0.717, 1.165) is 71.7 Å². The largest absolute Gasteiger partial charge is 0.456 e. The molecule has 0 fully saturated rings. The van der Waals surface area contributed by atoms with Gasteiger partial charge in [-0.1, -0.05) is 141 Å². The number of hydrogen-bond donors (Lipinski definition) is 0. The summed E-state index contributed by atoms with van der Waals surface area (Å²) in [5, 5.41) is 4.10. The SMILES string of the molecule is CC1(C)c2ccccc2-c2cc(-c3cccc(-c4ccc5oc6cccc(-c7nc(-c8ccccc8)nc(-c8ccc9c(c8)oc8ccccc89)n7)c6c5c4)c3)ccc21. The first kappa shape index (κ1) is 33.5. The van der Waals surface area contributed by atoms with Crippen molar-refractivity contribution < 1.29 is 8.83 Å². The lowest BCUT2D eigenvalue weighted by Gasteiger charge is -2.21. The molecule has 8 aromatic carbocycles. The van der Waals surface area contributed by atoms with E-state index < -0.39 is 0 Å². The van der Waals surface area contributed by atoms with Crippen LogP contribution in [0.1, 0.15) is 25.0 Å². The Bertz CT molecular complexity index is 3480. The van der Waals surface area contributed by atoms with Crippen LogP contribution in [0.4, 0.5) is 0 Å². The molecule has 1 aliphatic carbocycles. The van der Waals surface area contributed by atoms with E-state index in [9.17, 15) is 0 Å². The Morgan fingerprint density at radius 3 is 1.80 bits per heavy atom. The summed E-state index contributed by atoms with van der Waals surface area (Å²) in [5.41, 5.74) is 15.8. The number of nitrogens with zero attached hydrogens (tertiary/aromatic N) is 3. The van der Waals surface area contributed by atoms with Crippen LogP contribution in [-0.2, 0) is 5.41 Å². The van der Waals surface area contributed by atoms with Gasteiger partial charge in [0.15, 0.2) is 17.5 Å². The fraction of sp³-hybridized carbons (Fsp3) is 0.0556. The molecule has 12 rings (SSSR count). The topological polar surface area (TPSA) is 65.0 Å². The minimum Gasteiger partial charge on any atom is -0.456 e. The van der Waals surface area contributed by atoms with Crippen LogP contribution in [0.5, 0.6) is 0 Å². The van der Waals surface area contributed by atoms with Crippen LogP contribution >= 0.6 is 0 Å². The molecule has 59 heavy (non-hydrogen) atoms. The van der Waals surface area contributed by atoms with Crippen LogP contribution in [0.3, 0.4) is 0 Å². The fourth-order valence-corrected chi connectivity index (χ4v) is 9.18. The van der Waals surface area contributed by atoms with Crippen molar-refractivity contribution in [3.8, 4) is 67.5 Å². The third-order valence-corrected chi connectivity index (χ3v) is 12.2. The molecule has 0 N–H and O–H groups in total. The van der Waals surface area contributed by atoms with Gasteiger partial charge in [-0.15, -0.1) is 0 Å². The van der Waals surface area contributed by atoms with Crippen LogP contribution in [0, 0.1) is 0 Å². The first-order valence-corrected chi connectivity index (χ1v) is 20.0. The Labute approximate surface area is 340 Å². The van der Waals surface area contributed by atoms with Crippen molar-refractivity contribution >= 4 is 43.9 Å². The molecule has 5 heteroatoms. The van der Waals surface area contributed by atoms with Crippen molar-refractivity contribution in [3.63, 3.8) is 0 Å². The molecule has 0 saturated heterocycles. The van der Waals surface area contributed by atoms with E-state index in [0.29, 0.717) is 17.5 Å². The monoisotopic (exact) mass is 757 g/mol. The molecule has 0 radical (unpaired) electrons. The molecule has 1 aliphatic rings. The van der Waals surface area contributed by atoms with E-state index >= 15 is 0 Å². The summed E-state index contributed by atoms with van der Waals surface area (Å²) >= 11 is 0. The van der Waals surface area contributed by atoms with Gasteiger partial charge in [-0.05, 0) is 93.0 Å². The molecular formula is C54H35N3O2. The van der Waals surface area contributed by atoms with Crippen LogP contribution in [0.2, 0.25) is 0 Å². The second kappa shape index (κ2) is 12.7. The van der Waals surface area contributed by atoms with E-state index in [1.165, 1.54) is 33.4 Å². The van der Waals surface area contributed by atoms with Gasteiger partial charge in [0.1, 0.15) is 22.3 Å². The molecule has 0 atom stereocenters. The molecule has 0 bridgehead atoms. The smallest absolute Gasteiger partial charge is 0.164 e. The van der Waals surface area contributed by atoms with Gasteiger partial charge in [-0.2, -0.15) is 0 Å². The lowest BCUT2D eigenvalue weighted by molar-refractivity contribution is 0.660. The van der Waals surface area contributed by atoms with Crippen molar-refractivity contribution in [3.05, 3.63) is 187 Å². The zero-order chi connectivity index (χ0) is 39.2. The summed E-state index contributed by atoms with van der Waals surface area (Å²) in [6.07, 6.45) is 0. The minimum absolute atomic E-state index is 0.0241. The number of furan rings is 2. The van der Waals surface area contributed by atoms with Crippen molar-refractivity contribution in [2.24, 2.45) is 0 Å². The first-order chi connectivity index (χ1) is 29.0. The Kier molecular flexibility index (Phi) is 7.20. The van der Waals surface area contributed by atoms with Gasteiger partial charge in [0.2, 0.25) is 0 Å². The van der Waals surface area contributed by atoms with Crippen molar-refractivity contribution in [1.82, 2.24) is 15.0 Å². The maximum Gasteiger partial charge on any atom is 0.164 e. The Balaban J connectivity index is 0.984. The minimum atomic E-state index is -0.0241. The van der Waals surface area contributed by atoms with E-state index in [1.54, 1.807) is 0 Å². The molecule has 278 valence electrons. The zero-order valence-corrected chi connectivity index (χ0v) is 32.4. The number of hydrogen-bond acceptors (Lipinski definition) is 5. The maximum absolute atomic E-state index is 6.51. The van der Waals surface area contributed by atoms with Crippen LogP contribution in [-0.4, -0.2) is 15.0 Å². The van der Waals surface area contributed by atoms with Gasteiger partial charge in [-0.3, -0.25) is 0 Å².